The average Bonchev–Trinajstić information content (AvgIpc) is 2.86. The third-order valence-corrected chi connectivity index (χ3v) is 3.38. The molecule has 0 aromatic heterocycles. The first-order valence-electron chi connectivity index (χ1n) is 7.18. The molecule has 2 rings (SSSR count). The number of amides is 1. The Morgan fingerprint density at radius 3 is 2.95 bits per heavy atom. The van der Waals surface area contributed by atoms with Crippen LogP contribution in [0.25, 0.3) is 0 Å². The summed E-state index contributed by atoms with van der Waals surface area (Å²) in [6.07, 6.45) is 0.952. The molecule has 4 nitrogen and oxygen atoms in total. The zero-order chi connectivity index (χ0) is 15.4. The summed E-state index contributed by atoms with van der Waals surface area (Å²) in [7, 11) is 1.77. The van der Waals surface area contributed by atoms with Gasteiger partial charge in [0.05, 0.1) is 12.3 Å². The standard InChI is InChI=1S/C16H21FN2O2/c1-11(2)7-16(20)19(3)10-14-9-15(18-21-14)12-5-4-6-13(17)8-12/h4-6,8,11,14H,7,9-10H2,1-3H3. The van der Waals surface area contributed by atoms with Gasteiger partial charge in [0.2, 0.25) is 5.91 Å². The van der Waals surface area contributed by atoms with E-state index in [1.165, 1.54) is 12.1 Å². The van der Waals surface area contributed by atoms with E-state index in [4.69, 9.17) is 4.84 Å². The van der Waals surface area contributed by atoms with Crippen LogP contribution < -0.4 is 0 Å². The maximum atomic E-state index is 13.2. The fourth-order valence-electron chi connectivity index (χ4n) is 2.28. The number of nitrogens with zero attached hydrogens (tertiary/aromatic N) is 2. The lowest BCUT2D eigenvalue weighted by Gasteiger charge is -2.20. The van der Waals surface area contributed by atoms with Crippen molar-refractivity contribution >= 4 is 11.6 Å². The Balaban J connectivity index is 1.88. The second-order valence-corrected chi connectivity index (χ2v) is 5.85. The maximum Gasteiger partial charge on any atom is 0.222 e. The number of halogens is 1. The highest BCUT2D eigenvalue weighted by Gasteiger charge is 2.25. The van der Waals surface area contributed by atoms with Crippen LogP contribution in [0, 0.1) is 11.7 Å². The Morgan fingerprint density at radius 2 is 2.29 bits per heavy atom. The lowest BCUT2D eigenvalue weighted by molar-refractivity contribution is -0.132. The van der Waals surface area contributed by atoms with Crippen molar-refractivity contribution < 1.29 is 14.0 Å². The average molecular weight is 292 g/mol. The number of carbonyl (C=O) groups excluding carboxylic acids is 1. The van der Waals surface area contributed by atoms with Crippen molar-refractivity contribution in [2.24, 2.45) is 11.1 Å². The monoisotopic (exact) mass is 292 g/mol. The second kappa shape index (κ2) is 6.70. The van der Waals surface area contributed by atoms with Crippen LogP contribution in [-0.2, 0) is 9.63 Å². The van der Waals surface area contributed by atoms with Crippen molar-refractivity contribution in [1.82, 2.24) is 4.90 Å². The smallest absolute Gasteiger partial charge is 0.222 e. The number of benzene rings is 1. The van der Waals surface area contributed by atoms with Crippen LogP contribution in [0.15, 0.2) is 29.4 Å². The molecule has 0 N–H and O–H groups in total. The molecule has 1 atom stereocenters. The summed E-state index contributed by atoms with van der Waals surface area (Å²) in [4.78, 5) is 19.0. The molecule has 0 fully saturated rings. The molecule has 1 aliphatic rings. The Labute approximate surface area is 124 Å². The topological polar surface area (TPSA) is 41.9 Å². The SMILES string of the molecule is CC(C)CC(=O)N(C)CC1CC(c2cccc(F)c2)=NO1. The molecule has 0 saturated carbocycles. The predicted molar refractivity (Wildman–Crippen MR) is 79.5 cm³/mol. The van der Waals surface area contributed by atoms with Gasteiger partial charge in [-0.05, 0) is 18.1 Å². The van der Waals surface area contributed by atoms with Crippen LogP contribution in [0.2, 0.25) is 0 Å². The molecule has 0 aliphatic carbocycles. The Bertz CT molecular complexity index is 543. The number of oxime groups is 1. The van der Waals surface area contributed by atoms with Crippen LogP contribution in [0.3, 0.4) is 0 Å². The third kappa shape index (κ3) is 4.28. The Kier molecular flexibility index (Phi) is 4.94. The van der Waals surface area contributed by atoms with Crippen molar-refractivity contribution in [3.05, 3.63) is 35.6 Å². The highest BCUT2D eigenvalue weighted by Crippen LogP contribution is 2.18. The summed E-state index contributed by atoms with van der Waals surface area (Å²) in [6.45, 7) is 4.53. The van der Waals surface area contributed by atoms with E-state index in [-0.39, 0.29) is 17.8 Å². The van der Waals surface area contributed by atoms with Gasteiger partial charge in [0.25, 0.3) is 0 Å². The number of likely N-dealkylation sites (N-methyl/N-ethyl adjacent to an activating group) is 1. The van der Waals surface area contributed by atoms with E-state index in [0.29, 0.717) is 25.3 Å². The Hall–Kier alpha value is -1.91. The first-order valence-corrected chi connectivity index (χ1v) is 7.18. The molecule has 5 heteroatoms. The molecule has 0 saturated heterocycles. The lowest BCUT2D eigenvalue weighted by atomic mass is 10.0. The minimum atomic E-state index is -0.289. The highest BCUT2D eigenvalue weighted by atomic mass is 19.1. The summed E-state index contributed by atoms with van der Waals surface area (Å²) >= 11 is 0. The van der Waals surface area contributed by atoms with Crippen molar-refractivity contribution in [1.29, 1.82) is 0 Å². The van der Waals surface area contributed by atoms with Gasteiger partial charge in [0.1, 0.15) is 5.82 Å². The Morgan fingerprint density at radius 1 is 1.52 bits per heavy atom. The van der Waals surface area contributed by atoms with Crippen LogP contribution in [0.5, 0.6) is 0 Å². The molecule has 1 unspecified atom stereocenters. The molecule has 0 bridgehead atoms. The van der Waals surface area contributed by atoms with E-state index < -0.39 is 0 Å². The van der Waals surface area contributed by atoms with Gasteiger partial charge in [-0.2, -0.15) is 0 Å². The van der Waals surface area contributed by atoms with E-state index in [9.17, 15) is 9.18 Å². The minimum Gasteiger partial charge on any atom is -0.390 e. The molecule has 1 amide bonds. The largest absolute Gasteiger partial charge is 0.390 e. The fourth-order valence-corrected chi connectivity index (χ4v) is 2.28. The minimum absolute atomic E-state index is 0.104. The lowest BCUT2D eigenvalue weighted by Crippen LogP contribution is -2.35. The van der Waals surface area contributed by atoms with Crippen LogP contribution >= 0.6 is 0 Å². The number of carbonyl (C=O) groups is 1. The second-order valence-electron chi connectivity index (χ2n) is 5.85. The van der Waals surface area contributed by atoms with Gasteiger partial charge >= 0.3 is 0 Å². The van der Waals surface area contributed by atoms with E-state index in [2.05, 4.69) is 5.16 Å². The van der Waals surface area contributed by atoms with Gasteiger partial charge in [0.15, 0.2) is 6.10 Å². The summed E-state index contributed by atoms with van der Waals surface area (Å²) in [5.41, 5.74) is 1.46. The molecule has 0 radical (unpaired) electrons. The molecule has 1 aliphatic heterocycles. The third-order valence-electron chi connectivity index (χ3n) is 3.38. The molecular formula is C16H21FN2O2. The summed E-state index contributed by atoms with van der Waals surface area (Å²) in [6, 6.07) is 6.30. The van der Waals surface area contributed by atoms with Gasteiger partial charge in [0, 0.05) is 25.5 Å². The van der Waals surface area contributed by atoms with Crippen LogP contribution in [-0.4, -0.2) is 36.2 Å². The molecule has 1 heterocycles. The van der Waals surface area contributed by atoms with Gasteiger partial charge < -0.3 is 9.74 Å². The van der Waals surface area contributed by atoms with Gasteiger partial charge in [-0.15, -0.1) is 0 Å². The number of hydrogen-bond donors (Lipinski definition) is 0. The summed E-state index contributed by atoms with van der Waals surface area (Å²) in [5, 5.41) is 4.01. The van der Waals surface area contributed by atoms with E-state index in [1.807, 2.05) is 13.8 Å². The van der Waals surface area contributed by atoms with Crippen molar-refractivity contribution in [3.8, 4) is 0 Å². The fraction of sp³-hybridized carbons (Fsp3) is 0.500. The van der Waals surface area contributed by atoms with E-state index in [1.54, 1.807) is 24.1 Å². The normalized spacial score (nSPS) is 17.6. The van der Waals surface area contributed by atoms with Gasteiger partial charge in [-0.25, -0.2) is 4.39 Å². The number of rotatable bonds is 5. The molecular weight excluding hydrogens is 271 g/mol. The van der Waals surface area contributed by atoms with Crippen molar-refractivity contribution in [2.75, 3.05) is 13.6 Å². The zero-order valence-corrected chi connectivity index (χ0v) is 12.7. The van der Waals surface area contributed by atoms with Crippen LogP contribution in [0.4, 0.5) is 4.39 Å². The zero-order valence-electron chi connectivity index (χ0n) is 12.7. The highest BCUT2D eigenvalue weighted by molar-refractivity contribution is 6.01. The molecule has 21 heavy (non-hydrogen) atoms. The quantitative estimate of drug-likeness (QED) is 0.837. The molecule has 0 spiro atoms. The molecule has 114 valence electrons. The number of hydrogen-bond acceptors (Lipinski definition) is 3. The first kappa shape index (κ1) is 15.5. The molecule has 1 aromatic carbocycles. The van der Waals surface area contributed by atoms with Gasteiger partial charge in [-0.1, -0.05) is 31.1 Å². The molecule has 1 aromatic rings. The summed E-state index contributed by atoms with van der Waals surface area (Å²) < 4.78 is 13.2. The van der Waals surface area contributed by atoms with E-state index >= 15 is 0 Å². The van der Waals surface area contributed by atoms with E-state index in [0.717, 1.165) is 11.3 Å². The predicted octanol–water partition coefficient (Wildman–Crippen LogP) is 2.82. The van der Waals surface area contributed by atoms with Gasteiger partial charge in [-0.3, -0.25) is 4.79 Å². The summed E-state index contributed by atoms with van der Waals surface area (Å²) in [5.74, 6) is 0.152. The van der Waals surface area contributed by atoms with Crippen molar-refractivity contribution in [2.45, 2.75) is 32.8 Å². The first-order chi connectivity index (χ1) is 9.95. The van der Waals surface area contributed by atoms with Crippen LogP contribution in [0.1, 0.15) is 32.3 Å². The van der Waals surface area contributed by atoms with Crippen molar-refractivity contribution in [3.63, 3.8) is 0 Å². The maximum absolute atomic E-state index is 13.2.